The van der Waals surface area contributed by atoms with Crippen LogP contribution in [0, 0.1) is 18.6 Å². The van der Waals surface area contributed by atoms with Gasteiger partial charge in [-0.05, 0) is 48.9 Å². The molecule has 1 N–H and O–H groups in total. The highest BCUT2D eigenvalue weighted by Crippen LogP contribution is 2.22. The van der Waals surface area contributed by atoms with Crippen molar-refractivity contribution in [2.75, 3.05) is 32.8 Å². The highest BCUT2D eigenvalue weighted by atomic mass is 19.1. The largest absolute Gasteiger partial charge is 0.379 e. The van der Waals surface area contributed by atoms with Gasteiger partial charge in [-0.1, -0.05) is 12.1 Å². The zero-order valence-electron chi connectivity index (χ0n) is 17.2. The average molecular weight is 426 g/mol. The zero-order chi connectivity index (χ0) is 21.8. The van der Waals surface area contributed by atoms with Crippen molar-refractivity contribution in [3.05, 3.63) is 83.2 Å². The first kappa shape index (κ1) is 21.1. The molecule has 0 aliphatic carbocycles. The Morgan fingerprint density at radius 1 is 1.13 bits per heavy atom. The van der Waals surface area contributed by atoms with Crippen LogP contribution in [0.4, 0.5) is 8.78 Å². The van der Waals surface area contributed by atoms with E-state index in [0.717, 1.165) is 5.56 Å². The van der Waals surface area contributed by atoms with Crippen molar-refractivity contribution >= 4 is 5.91 Å². The lowest BCUT2D eigenvalue weighted by Gasteiger charge is -2.35. The van der Waals surface area contributed by atoms with E-state index >= 15 is 0 Å². The summed E-state index contributed by atoms with van der Waals surface area (Å²) in [6.45, 7) is 4.73. The molecule has 0 spiro atoms. The Morgan fingerprint density at radius 2 is 1.87 bits per heavy atom. The molecule has 1 saturated heterocycles. The van der Waals surface area contributed by atoms with E-state index in [-0.39, 0.29) is 23.6 Å². The molecule has 1 aromatic heterocycles. The van der Waals surface area contributed by atoms with E-state index in [9.17, 15) is 13.6 Å². The number of carbonyl (C=O) groups excluding carboxylic acids is 1. The van der Waals surface area contributed by atoms with Crippen molar-refractivity contribution in [1.29, 1.82) is 0 Å². The summed E-state index contributed by atoms with van der Waals surface area (Å²) in [5.74, 6) is -0.906. The molecular weight excluding hydrogens is 402 g/mol. The van der Waals surface area contributed by atoms with Gasteiger partial charge in [0.1, 0.15) is 11.6 Å². The minimum absolute atomic E-state index is 0.170. The maximum Gasteiger partial charge on any atom is 0.254 e. The molecule has 1 unspecified atom stereocenters. The molecule has 31 heavy (non-hydrogen) atoms. The maximum absolute atomic E-state index is 13.8. The molecule has 1 atom stereocenters. The van der Waals surface area contributed by atoms with Crippen molar-refractivity contribution in [1.82, 2.24) is 20.0 Å². The maximum atomic E-state index is 13.8. The third-order valence-corrected chi connectivity index (χ3v) is 5.50. The Hall–Kier alpha value is -3.10. The van der Waals surface area contributed by atoms with E-state index < -0.39 is 0 Å². The van der Waals surface area contributed by atoms with Crippen molar-refractivity contribution in [2.24, 2.45) is 0 Å². The summed E-state index contributed by atoms with van der Waals surface area (Å²) in [6.07, 6.45) is 1.50. The number of nitrogens with one attached hydrogen (secondary N) is 1. The van der Waals surface area contributed by atoms with Gasteiger partial charge in [0.2, 0.25) is 0 Å². The van der Waals surface area contributed by atoms with Crippen LogP contribution in [-0.4, -0.2) is 53.4 Å². The van der Waals surface area contributed by atoms with E-state index in [1.54, 1.807) is 29.8 Å². The lowest BCUT2D eigenvalue weighted by Crippen LogP contribution is -2.43. The molecule has 2 heterocycles. The van der Waals surface area contributed by atoms with Gasteiger partial charge in [0, 0.05) is 19.6 Å². The number of carbonyl (C=O) groups is 1. The third-order valence-electron chi connectivity index (χ3n) is 5.50. The van der Waals surface area contributed by atoms with Crippen LogP contribution in [0.2, 0.25) is 0 Å². The minimum atomic E-state index is -0.335. The van der Waals surface area contributed by atoms with Gasteiger partial charge in [-0.2, -0.15) is 5.10 Å². The molecule has 4 rings (SSSR count). The van der Waals surface area contributed by atoms with Gasteiger partial charge >= 0.3 is 0 Å². The summed E-state index contributed by atoms with van der Waals surface area (Å²) >= 11 is 0. The number of aromatic nitrogens is 2. The fourth-order valence-electron chi connectivity index (χ4n) is 3.82. The number of benzene rings is 2. The molecule has 162 valence electrons. The van der Waals surface area contributed by atoms with Gasteiger partial charge in [-0.25, -0.2) is 13.5 Å². The lowest BCUT2D eigenvalue weighted by molar-refractivity contribution is 0.0162. The number of rotatable bonds is 6. The van der Waals surface area contributed by atoms with Gasteiger partial charge < -0.3 is 10.1 Å². The fraction of sp³-hybridized carbons (Fsp3) is 0.304. The number of ether oxygens (including phenoxy) is 1. The van der Waals surface area contributed by atoms with Crippen molar-refractivity contribution in [2.45, 2.75) is 13.0 Å². The van der Waals surface area contributed by atoms with E-state index in [2.05, 4.69) is 15.3 Å². The van der Waals surface area contributed by atoms with Crippen molar-refractivity contribution < 1.29 is 18.3 Å². The molecule has 6 nitrogen and oxygen atoms in total. The standard InChI is InChI=1S/C23H24F2N4O2/c1-16-21(14-27-29(16)20-7-5-18(24)6-8-20)23(30)26-15-22(28-9-11-31-12-10-28)17-3-2-4-19(25)13-17/h2-8,13-14,22H,9-12,15H2,1H3,(H,26,30). The van der Waals surface area contributed by atoms with Crippen molar-refractivity contribution in [3.8, 4) is 5.69 Å². The van der Waals surface area contributed by atoms with E-state index in [1.165, 1.54) is 30.5 Å². The first-order chi connectivity index (χ1) is 15.0. The monoisotopic (exact) mass is 426 g/mol. The van der Waals surface area contributed by atoms with Crippen LogP contribution in [-0.2, 0) is 4.74 Å². The Bertz CT molecular complexity index is 1050. The molecular formula is C23H24F2N4O2. The first-order valence-electron chi connectivity index (χ1n) is 10.2. The molecule has 0 bridgehead atoms. The Balaban J connectivity index is 1.51. The van der Waals surface area contributed by atoms with Gasteiger partial charge in [0.25, 0.3) is 5.91 Å². The first-order valence-corrected chi connectivity index (χ1v) is 10.2. The summed E-state index contributed by atoms with van der Waals surface area (Å²) in [5.41, 5.74) is 2.56. The van der Waals surface area contributed by atoms with Crippen LogP contribution in [0.25, 0.3) is 5.69 Å². The predicted molar refractivity (Wildman–Crippen MR) is 112 cm³/mol. The molecule has 2 aromatic carbocycles. The summed E-state index contributed by atoms with van der Waals surface area (Å²) in [7, 11) is 0. The second-order valence-electron chi connectivity index (χ2n) is 7.46. The normalized spacial score (nSPS) is 15.6. The Kier molecular flexibility index (Phi) is 6.39. The second kappa shape index (κ2) is 9.36. The Morgan fingerprint density at radius 3 is 2.58 bits per heavy atom. The van der Waals surface area contributed by atoms with E-state index in [1.807, 2.05) is 6.07 Å². The highest BCUT2D eigenvalue weighted by molar-refractivity contribution is 5.95. The van der Waals surface area contributed by atoms with Crippen LogP contribution in [0.5, 0.6) is 0 Å². The third kappa shape index (κ3) is 4.81. The van der Waals surface area contributed by atoms with Crippen LogP contribution in [0.15, 0.2) is 54.7 Å². The summed E-state index contributed by atoms with van der Waals surface area (Å²) in [6, 6.07) is 12.2. The molecule has 1 aliphatic heterocycles. The van der Waals surface area contributed by atoms with Crippen LogP contribution in [0.3, 0.4) is 0 Å². The molecule has 8 heteroatoms. The van der Waals surface area contributed by atoms with Gasteiger partial charge in [-0.15, -0.1) is 0 Å². The number of halogens is 2. The number of nitrogens with zero attached hydrogens (tertiary/aromatic N) is 3. The van der Waals surface area contributed by atoms with E-state index in [0.29, 0.717) is 49.8 Å². The summed E-state index contributed by atoms with van der Waals surface area (Å²) in [5, 5.41) is 7.25. The molecule has 3 aromatic rings. The van der Waals surface area contributed by atoms with Gasteiger partial charge in [0.05, 0.1) is 42.4 Å². The van der Waals surface area contributed by atoms with Crippen molar-refractivity contribution in [3.63, 3.8) is 0 Å². The number of amides is 1. The minimum Gasteiger partial charge on any atom is -0.379 e. The number of morpholine rings is 1. The molecule has 0 saturated carbocycles. The highest BCUT2D eigenvalue weighted by Gasteiger charge is 2.24. The topological polar surface area (TPSA) is 59.4 Å². The average Bonchev–Trinajstić information content (AvgIpc) is 3.16. The molecule has 0 radical (unpaired) electrons. The quantitative estimate of drug-likeness (QED) is 0.657. The number of hydrogen-bond acceptors (Lipinski definition) is 4. The van der Waals surface area contributed by atoms with Gasteiger partial charge in [-0.3, -0.25) is 9.69 Å². The van der Waals surface area contributed by atoms with Crippen LogP contribution < -0.4 is 5.32 Å². The SMILES string of the molecule is Cc1c(C(=O)NCC(c2cccc(F)c2)N2CCOCC2)cnn1-c1ccc(F)cc1. The molecule has 1 amide bonds. The molecule has 1 fully saturated rings. The van der Waals surface area contributed by atoms with Gasteiger partial charge in [0.15, 0.2) is 0 Å². The lowest BCUT2D eigenvalue weighted by atomic mass is 10.0. The van der Waals surface area contributed by atoms with Crippen LogP contribution >= 0.6 is 0 Å². The predicted octanol–water partition coefficient (Wildman–Crippen LogP) is 3.26. The Labute approximate surface area is 179 Å². The zero-order valence-corrected chi connectivity index (χ0v) is 17.2. The second-order valence-corrected chi connectivity index (χ2v) is 7.46. The number of hydrogen-bond donors (Lipinski definition) is 1. The van der Waals surface area contributed by atoms with Crippen LogP contribution in [0.1, 0.15) is 27.7 Å². The molecule has 1 aliphatic rings. The van der Waals surface area contributed by atoms with E-state index in [4.69, 9.17) is 4.74 Å². The summed E-state index contributed by atoms with van der Waals surface area (Å²) < 4.78 is 34.1. The smallest absolute Gasteiger partial charge is 0.254 e. The fourth-order valence-corrected chi connectivity index (χ4v) is 3.82. The summed E-state index contributed by atoms with van der Waals surface area (Å²) in [4.78, 5) is 15.1.